The predicted octanol–water partition coefficient (Wildman–Crippen LogP) is 8.81. The molecule has 0 bridgehead atoms. The normalized spacial score (nSPS) is 19.7. The monoisotopic (exact) mass is 490 g/mol. The van der Waals surface area contributed by atoms with Gasteiger partial charge in [0.1, 0.15) is 11.2 Å². The fraction of sp³-hybridized carbons (Fsp3) is 0.324. The lowest BCUT2D eigenvalue weighted by molar-refractivity contribution is 0.200. The summed E-state index contributed by atoms with van der Waals surface area (Å²) >= 11 is 0. The Morgan fingerprint density at radius 2 is 1.78 bits per heavy atom. The molecule has 0 amide bonds. The van der Waals surface area contributed by atoms with E-state index in [9.17, 15) is 0 Å². The number of likely N-dealkylation sites (N-methyl/N-ethyl adjacent to an activating group) is 1. The van der Waals surface area contributed by atoms with Crippen molar-refractivity contribution in [2.24, 2.45) is 10.9 Å². The van der Waals surface area contributed by atoms with Crippen LogP contribution in [0.2, 0.25) is 0 Å². The largest absolute Gasteiger partial charge is 0.455 e. The van der Waals surface area contributed by atoms with E-state index >= 15 is 0 Å². The van der Waals surface area contributed by atoms with E-state index in [0.717, 1.165) is 70.3 Å². The first-order valence-corrected chi connectivity index (χ1v) is 13.6. The number of allylic oxidation sites excluding steroid dienone is 2. The second kappa shape index (κ2) is 10.5. The second-order valence-corrected chi connectivity index (χ2v) is 10.6. The van der Waals surface area contributed by atoms with Crippen molar-refractivity contribution in [2.75, 3.05) is 13.6 Å². The first kappa shape index (κ1) is 25.2. The van der Waals surface area contributed by atoms with Crippen LogP contribution in [0.5, 0.6) is 0 Å². The molecular weight excluding hydrogens is 452 g/mol. The molecule has 2 atom stereocenters. The van der Waals surface area contributed by atoms with Crippen molar-refractivity contribution in [1.29, 1.82) is 0 Å². The van der Waals surface area contributed by atoms with Gasteiger partial charge in [0.25, 0.3) is 0 Å². The molecule has 37 heavy (non-hydrogen) atoms. The summed E-state index contributed by atoms with van der Waals surface area (Å²) in [5.74, 6) is 0.500. The van der Waals surface area contributed by atoms with Gasteiger partial charge in [-0.05, 0) is 81.1 Å². The highest BCUT2D eigenvalue weighted by atomic mass is 16.3. The lowest BCUT2D eigenvalue weighted by Crippen LogP contribution is -2.39. The molecule has 1 aliphatic heterocycles. The van der Waals surface area contributed by atoms with E-state index in [1.807, 2.05) is 6.07 Å². The molecule has 2 heterocycles. The highest BCUT2D eigenvalue weighted by molar-refractivity contribution is 6.20. The minimum absolute atomic E-state index is 0.226. The zero-order chi connectivity index (χ0) is 26.1. The van der Waals surface area contributed by atoms with Crippen LogP contribution >= 0.6 is 0 Å². The molecular formula is C34H38N2O. The summed E-state index contributed by atoms with van der Waals surface area (Å²) < 4.78 is 6.70. The molecule has 0 saturated heterocycles. The van der Waals surface area contributed by atoms with Gasteiger partial charge < -0.3 is 4.42 Å². The van der Waals surface area contributed by atoms with Crippen molar-refractivity contribution in [3.8, 4) is 11.1 Å². The van der Waals surface area contributed by atoms with E-state index in [2.05, 4.69) is 107 Å². The maximum atomic E-state index is 6.70. The van der Waals surface area contributed by atoms with Gasteiger partial charge in [-0.15, -0.1) is 0 Å². The van der Waals surface area contributed by atoms with Crippen LogP contribution in [-0.2, 0) is 6.42 Å². The Morgan fingerprint density at radius 1 is 1.03 bits per heavy atom. The smallest absolute Gasteiger partial charge is 0.145 e. The van der Waals surface area contributed by atoms with E-state index < -0.39 is 0 Å². The van der Waals surface area contributed by atoms with Crippen LogP contribution < -0.4 is 0 Å². The quantitative estimate of drug-likeness (QED) is 0.280. The Bertz CT molecular complexity index is 1500. The summed E-state index contributed by atoms with van der Waals surface area (Å²) in [5.41, 5.74) is 9.72. The number of aryl methyl sites for hydroxylation is 1. The van der Waals surface area contributed by atoms with Gasteiger partial charge in [-0.3, -0.25) is 9.89 Å². The van der Waals surface area contributed by atoms with Crippen LogP contribution in [0.15, 0.2) is 94.0 Å². The van der Waals surface area contributed by atoms with Gasteiger partial charge >= 0.3 is 0 Å². The number of benzene rings is 3. The van der Waals surface area contributed by atoms with Crippen molar-refractivity contribution in [3.05, 3.63) is 95.7 Å². The fourth-order valence-electron chi connectivity index (χ4n) is 5.84. The summed E-state index contributed by atoms with van der Waals surface area (Å²) in [5, 5.41) is 2.28. The van der Waals surface area contributed by atoms with E-state index in [-0.39, 0.29) is 6.04 Å². The molecule has 1 aliphatic rings. The van der Waals surface area contributed by atoms with Crippen LogP contribution in [-0.4, -0.2) is 30.2 Å². The molecule has 3 aromatic carbocycles. The average Bonchev–Trinajstić information content (AvgIpc) is 3.29. The van der Waals surface area contributed by atoms with Crippen molar-refractivity contribution < 1.29 is 4.42 Å². The first-order chi connectivity index (χ1) is 17.9. The van der Waals surface area contributed by atoms with Gasteiger partial charge in [0, 0.05) is 16.3 Å². The predicted molar refractivity (Wildman–Crippen MR) is 158 cm³/mol. The van der Waals surface area contributed by atoms with Crippen molar-refractivity contribution >= 4 is 27.7 Å². The molecule has 0 saturated carbocycles. The molecule has 0 aliphatic carbocycles. The number of aliphatic imine (C=N–C) groups is 1. The topological polar surface area (TPSA) is 28.7 Å². The Morgan fingerprint density at radius 3 is 2.49 bits per heavy atom. The molecule has 1 aromatic heterocycles. The maximum Gasteiger partial charge on any atom is 0.145 e. The number of nitrogens with zero attached hydrogens (tertiary/aromatic N) is 2. The standard InChI is InChI=1S/C34H38N2O/c1-7-24-14-15-26-16-19-29-28-18-17-27(25-12-10-9-11-13-25)21-31(28)37-34(29)32(26)30(20-22(3)4)35-23(5)33(24)36(6)8-2/h9-13,16-21,24,33H,5,7-8,14-15H2,1-4,6H3/b35-30-. The van der Waals surface area contributed by atoms with E-state index in [4.69, 9.17) is 9.41 Å². The number of hydrogen-bond donors (Lipinski definition) is 0. The number of furan rings is 1. The van der Waals surface area contributed by atoms with Crippen LogP contribution in [0, 0.1) is 5.92 Å². The van der Waals surface area contributed by atoms with E-state index in [1.165, 1.54) is 16.7 Å². The molecule has 0 N–H and O–H groups in total. The lowest BCUT2D eigenvalue weighted by Gasteiger charge is -2.33. The second-order valence-electron chi connectivity index (χ2n) is 10.6. The van der Waals surface area contributed by atoms with E-state index in [0.29, 0.717) is 5.92 Å². The molecule has 0 spiro atoms. The third-order valence-electron chi connectivity index (χ3n) is 7.85. The van der Waals surface area contributed by atoms with Gasteiger partial charge in [0.2, 0.25) is 0 Å². The Hall–Kier alpha value is -3.43. The molecule has 4 aromatic rings. The third kappa shape index (κ3) is 4.81. The fourth-order valence-corrected chi connectivity index (χ4v) is 5.84. The van der Waals surface area contributed by atoms with Crippen LogP contribution in [0.4, 0.5) is 0 Å². The zero-order valence-corrected chi connectivity index (χ0v) is 22.8. The summed E-state index contributed by atoms with van der Waals surface area (Å²) in [6.07, 6.45) is 5.39. The number of hydrogen-bond acceptors (Lipinski definition) is 3. The Labute approximate surface area is 221 Å². The highest BCUT2D eigenvalue weighted by Crippen LogP contribution is 2.38. The van der Waals surface area contributed by atoms with Crippen molar-refractivity contribution in [3.63, 3.8) is 0 Å². The molecule has 3 nitrogen and oxygen atoms in total. The molecule has 5 rings (SSSR count). The van der Waals surface area contributed by atoms with Gasteiger partial charge in [-0.25, -0.2) is 0 Å². The maximum absolute atomic E-state index is 6.70. The minimum atomic E-state index is 0.226. The average molecular weight is 491 g/mol. The SMILES string of the molecule is C=C1/N=C(/C=C(C)C)c2c(ccc3c2oc2cc(-c4ccccc4)ccc23)CCC(CC)C1N(C)CC. The van der Waals surface area contributed by atoms with Crippen LogP contribution in [0.3, 0.4) is 0 Å². The summed E-state index contributed by atoms with van der Waals surface area (Å²) in [7, 11) is 2.20. The summed E-state index contributed by atoms with van der Waals surface area (Å²) in [4.78, 5) is 7.66. The summed E-state index contributed by atoms with van der Waals surface area (Å²) in [6.45, 7) is 14.3. The van der Waals surface area contributed by atoms with Gasteiger partial charge in [0.05, 0.1) is 17.5 Å². The third-order valence-corrected chi connectivity index (χ3v) is 7.85. The summed E-state index contributed by atoms with van der Waals surface area (Å²) in [6, 6.07) is 21.8. The first-order valence-electron chi connectivity index (χ1n) is 13.6. The van der Waals surface area contributed by atoms with Gasteiger partial charge in [-0.2, -0.15) is 0 Å². The highest BCUT2D eigenvalue weighted by Gasteiger charge is 2.29. The zero-order valence-electron chi connectivity index (χ0n) is 22.8. The van der Waals surface area contributed by atoms with E-state index in [1.54, 1.807) is 0 Å². The molecule has 190 valence electrons. The molecule has 0 fully saturated rings. The lowest BCUT2D eigenvalue weighted by atomic mass is 9.87. The van der Waals surface area contributed by atoms with Crippen molar-refractivity contribution in [1.82, 2.24) is 4.90 Å². The molecule has 3 heteroatoms. The molecule has 0 radical (unpaired) electrons. The van der Waals surface area contributed by atoms with Gasteiger partial charge in [-0.1, -0.05) is 81.0 Å². The Kier molecular flexibility index (Phi) is 7.17. The van der Waals surface area contributed by atoms with Crippen LogP contribution in [0.25, 0.3) is 33.1 Å². The Balaban J connectivity index is 1.74. The minimum Gasteiger partial charge on any atom is -0.455 e. The van der Waals surface area contributed by atoms with Crippen LogP contribution in [0.1, 0.15) is 51.7 Å². The number of fused-ring (bicyclic) bond motifs is 5. The van der Waals surface area contributed by atoms with Gasteiger partial charge in [0.15, 0.2) is 0 Å². The number of rotatable bonds is 5. The van der Waals surface area contributed by atoms with Crippen molar-refractivity contribution in [2.45, 2.75) is 53.0 Å². The molecule has 2 unspecified atom stereocenters.